The molecule has 0 bridgehead atoms. The zero-order valence-corrected chi connectivity index (χ0v) is 16.8. The van der Waals surface area contributed by atoms with E-state index in [0.29, 0.717) is 19.1 Å². The summed E-state index contributed by atoms with van der Waals surface area (Å²) in [5.74, 6) is 0.905. The molecular weight excluding hydrogens is 352 g/mol. The lowest BCUT2D eigenvalue weighted by atomic mass is 10.0. The largest absolute Gasteiger partial charge is 0.495 e. The Hall–Kier alpha value is -1.35. The van der Waals surface area contributed by atoms with Gasteiger partial charge in [0.25, 0.3) is 10.2 Å². The van der Waals surface area contributed by atoms with Gasteiger partial charge >= 0.3 is 0 Å². The Bertz CT molecular complexity index is 702. The van der Waals surface area contributed by atoms with Crippen LogP contribution in [0.4, 0.5) is 5.69 Å². The molecule has 2 aliphatic heterocycles. The molecule has 1 aromatic carbocycles. The molecule has 0 radical (unpaired) electrons. The molecule has 2 heterocycles. The van der Waals surface area contributed by atoms with Crippen LogP contribution in [-0.4, -0.2) is 88.4 Å². The van der Waals surface area contributed by atoms with Gasteiger partial charge < -0.3 is 9.64 Å². The molecule has 2 fully saturated rings. The summed E-state index contributed by atoms with van der Waals surface area (Å²) in [4.78, 5) is 4.80. The van der Waals surface area contributed by atoms with Crippen molar-refractivity contribution in [3.05, 3.63) is 24.3 Å². The summed E-state index contributed by atoms with van der Waals surface area (Å²) in [7, 11) is 1.59. The Morgan fingerprint density at radius 2 is 1.77 bits per heavy atom. The lowest BCUT2D eigenvalue weighted by molar-refractivity contribution is 0.126. The zero-order chi connectivity index (χ0) is 18.7. The monoisotopic (exact) mass is 382 g/mol. The van der Waals surface area contributed by atoms with E-state index < -0.39 is 10.2 Å². The van der Waals surface area contributed by atoms with Gasteiger partial charge in [0.2, 0.25) is 0 Å². The van der Waals surface area contributed by atoms with Crippen LogP contribution < -0.4 is 9.64 Å². The first-order chi connectivity index (χ1) is 12.4. The Morgan fingerprint density at radius 1 is 1.08 bits per heavy atom. The van der Waals surface area contributed by atoms with Crippen LogP contribution in [0.2, 0.25) is 0 Å². The van der Waals surface area contributed by atoms with Gasteiger partial charge in [-0.2, -0.15) is 17.0 Å². The van der Waals surface area contributed by atoms with Crippen molar-refractivity contribution in [1.82, 2.24) is 13.5 Å². The van der Waals surface area contributed by atoms with E-state index in [-0.39, 0.29) is 0 Å². The van der Waals surface area contributed by atoms with Crippen LogP contribution >= 0.6 is 0 Å². The number of nitrogens with zero attached hydrogens (tertiary/aromatic N) is 4. The van der Waals surface area contributed by atoms with E-state index in [1.54, 1.807) is 25.5 Å². The number of piperazine rings is 1. The van der Waals surface area contributed by atoms with E-state index in [1.807, 2.05) is 18.2 Å². The second-order valence-electron chi connectivity index (χ2n) is 7.14. The molecular formula is C18H30N4O3S. The van der Waals surface area contributed by atoms with E-state index in [9.17, 15) is 8.42 Å². The van der Waals surface area contributed by atoms with E-state index in [0.717, 1.165) is 50.5 Å². The minimum absolute atomic E-state index is 0.304. The maximum Gasteiger partial charge on any atom is 0.281 e. The summed E-state index contributed by atoms with van der Waals surface area (Å²) in [6.07, 6.45) is 1.98. The number of methoxy groups -OCH3 is 1. The molecule has 8 heteroatoms. The quantitative estimate of drug-likeness (QED) is 0.763. The van der Waals surface area contributed by atoms with E-state index in [4.69, 9.17) is 4.74 Å². The Morgan fingerprint density at radius 3 is 2.42 bits per heavy atom. The summed E-state index contributed by atoms with van der Waals surface area (Å²) in [6, 6.07) is 8.42. The van der Waals surface area contributed by atoms with Gasteiger partial charge in [-0.25, -0.2) is 0 Å². The average molecular weight is 383 g/mol. The lowest BCUT2D eigenvalue weighted by Crippen LogP contribution is -2.56. The van der Waals surface area contributed by atoms with Crippen molar-refractivity contribution in [2.45, 2.75) is 18.9 Å². The maximum absolute atomic E-state index is 12.4. The molecule has 2 saturated heterocycles. The molecule has 0 amide bonds. The van der Waals surface area contributed by atoms with Gasteiger partial charge in [0.05, 0.1) is 12.8 Å². The summed E-state index contributed by atoms with van der Waals surface area (Å²) in [5.41, 5.74) is 1.13. The molecule has 1 aromatic rings. The molecule has 1 unspecified atom stereocenters. The van der Waals surface area contributed by atoms with Crippen LogP contribution in [0.5, 0.6) is 5.75 Å². The minimum Gasteiger partial charge on any atom is -0.495 e. The number of rotatable bonds is 5. The fraction of sp³-hybridized carbons (Fsp3) is 0.667. The highest BCUT2D eigenvalue weighted by Gasteiger charge is 2.34. The standard InChI is InChI=1S/C18H30N4O3S/c1-19(2)26(23,24)22-10-6-7-16(15-22)20-11-13-21(14-12-20)17-8-4-5-9-18(17)25-3/h4-5,8-9,16H,6-7,10-15H2,1-3H3. The fourth-order valence-corrected chi connectivity index (χ4v) is 5.06. The predicted octanol–water partition coefficient (Wildman–Crippen LogP) is 1.09. The third-order valence-electron chi connectivity index (χ3n) is 5.40. The van der Waals surface area contributed by atoms with Crippen LogP contribution in [0.3, 0.4) is 0 Å². The first-order valence-corrected chi connectivity index (χ1v) is 10.6. The van der Waals surface area contributed by atoms with Crippen LogP contribution in [0.25, 0.3) is 0 Å². The van der Waals surface area contributed by atoms with Gasteiger partial charge in [0.15, 0.2) is 0 Å². The first-order valence-electron chi connectivity index (χ1n) is 9.23. The van der Waals surface area contributed by atoms with Gasteiger partial charge in [-0.05, 0) is 25.0 Å². The van der Waals surface area contributed by atoms with Gasteiger partial charge in [0, 0.05) is 59.4 Å². The minimum atomic E-state index is -3.32. The number of benzene rings is 1. The van der Waals surface area contributed by atoms with E-state index in [1.165, 1.54) is 4.31 Å². The molecule has 2 aliphatic rings. The van der Waals surface area contributed by atoms with Crippen molar-refractivity contribution in [2.75, 3.05) is 65.4 Å². The maximum atomic E-state index is 12.4. The molecule has 0 aliphatic carbocycles. The number of ether oxygens (including phenoxy) is 1. The smallest absolute Gasteiger partial charge is 0.281 e. The third-order valence-corrected chi connectivity index (χ3v) is 7.31. The summed E-state index contributed by atoms with van der Waals surface area (Å²) in [6.45, 7) is 4.96. The molecule has 3 rings (SSSR count). The first kappa shape index (κ1) is 19.4. The number of hydrogen-bond donors (Lipinski definition) is 0. The number of anilines is 1. The second-order valence-corrected chi connectivity index (χ2v) is 9.28. The average Bonchev–Trinajstić information content (AvgIpc) is 2.68. The molecule has 0 aromatic heterocycles. The second kappa shape index (κ2) is 8.12. The predicted molar refractivity (Wildman–Crippen MR) is 104 cm³/mol. The van der Waals surface area contributed by atoms with Crippen LogP contribution in [0.1, 0.15) is 12.8 Å². The third kappa shape index (κ3) is 3.98. The Labute approximate surface area is 157 Å². The number of para-hydroxylation sites is 2. The van der Waals surface area contributed by atoms with Gasteiger partial charge in [-0.15, -0.1) is 0 Å². The van der Waals surface area contributed by atoms with Crippen molar-refractivity contribution in [3.8, 4) is 5.75 Å². The van der Waals surface area contributed by atoms with Crippen LogP contribution in [-0.2, 0) is 10.2 Å². The zero-order valence-electron chi connectivity index (χ0n) is 16.0. The molecule has 146 valence electrons. The van der Waals surface area contributed by atoms with Crippen molar-refractivity contribution >= 4 is 15.9 Å². The molecule has 0 saturated carbocycles. The van der Waals surface area contributed by atoms with Crippen molar-refractivity contribution in [3.63, 3.8) is 0 Å². The lowest BCUT2D eigenvalue weighted by Gasteiger charge is -2.44. The topological polar surface area (TPSA) is 56.3 Å². The van der Waals surface area contributed by atoms with Gasteiger partial charge in [-0.1, -0.05) is 12.1 Å². The molecule has 1 atom stereocenters. The number of piperidine rings is 1. The van der Waals surface area contributed by atoms with Crippen molar-refractivity contribution in [2.24, 2.45) is 0 Å². The fourth-order valence-electron chi connectivity index (χ4n) is 3.88. The molecule has 26 heavy (non-hydrogen) atoms. The summed E-state index contributed by atoms with van der Waals surface area (Å²) in [5, 5.41) is 0. The van der Waals surface area contributed by atoms with Crippen LogP contribution in [0, 0.1) is 0 Å². The van der Waals surface area contributed by atoms with E-state index in [2.05, 4.69) is 15.9 Å². The Kier molecular flexibility index (Phi) is 6.06. The van der Waals surface area contributed by atoms with E-state index >= 15 is 0 Å². The van der Waals surface area contributed by atoms with Gasteiger partial charge in [-0.3, -0.25) is 4.90 Å². The van der Waals surface area contributed by atoms with Crippen LogP contribution in [0.15, 0.2) is 24.3 Å². The molecule has 0 N–H and O–H groups in total. The SMILES string of the molecule is COc1ccccc1N1CCN(C2CCCN(S(=O)(=O)N(C)C)C2)CC1. The summed E-state index contributed by atoms with van der Waals surface area (Å²) < 4.78 is 33.3. The Balaban J connectivity index is 1.61. The normalized spacial score (nSPS) is 23.4. The van der Waals surface area contributed by atoms with Crippen molar-refractivity contribution in [1.29, 1.82) is 0 Å². The highest BCUT2D eigenvalue weighted by Crippen LogP contribution is 2.29. The number of hydrogen-bond acceptors (Lipinski definition) is 5. The summed E-state index contributed by atoms with van der Waals surface area (Å²) >= 11 is 0. The van der Waals surface area contributed by atoms with Crippen molar-refractivity contribution < 1.29 is 13.2 Å². The molecule has 0 spiro atoms. The molecule has 7 nitrogen and oxygen atoms in total. The highest BCUT2D eigenvalue weighted by atomic mass is 32.2. The van der Waals surface area contributed by atoms with Gasteiger partial charge in [0.1, 0.15) is 5.75 Å². The highest BCUT2D eigenvalue weighted by molar-refractivity contribution is 7.86.